The Morgan fingerprint density at radius 1 is 0.694 bits per heavy atom. The van der Waals surface area contributed by atoms with E-state index in [1.54, 1.807) is 0 Å². The first-order chi connectivity index (χ1) is 17.8. The molecule has 184 valence electrons. The maximum absolute atomic E-state index is 3.02. The summed E-state index contributed by atoms with van der Waals surface area (Å²) in [5.41, 5.74) is 5.66. The van der Waals surface area contributed by atoms with Crippen LogP contribution in [0.1, 0.15) is 60.6 Å². The predicted octanol–water partition coefficient (Wildman–Crippen LogP) is 9.12. The van der Waals surface area contributed by atoms with Gasteiger partial charge in [0, 0.05) is 25.9 Å². The SMILES string of the molecule is CCCCN(P(c1ccccc1)c1ccccc1C)P1[C@H](c2ccccc2)CC[C@H]1c1ccccc1. The van der Waals surface area contributed by atoms with Crippen molar-refractivity contribution in [2.45, 2.75) is 50.8 Å². The first-order valence-corrected chi connectivity index (χ1v) is 16.1. The van der Waals surface area contributed by atoms with Crippen molar-refractivity contribution in [3.05, 3.63) is 132 Å². The number of aryl methyl sites for hydroxylation is 1. The van der Waals surface area contributed by atoms with E-state index in [0.717, 1.165) is 6.54 Å². The van der Waals surface area contributed by atoms with Crippen LogP contribution < -0.4 is 10.6 Å². The fourth-order valence-electron chi connectivity index (χ4n) is 5.49. The summed E-state index contributed by atoms with van der Waals surface area (Å²) in [6, 6.07) is 43.3. The number of hydrogen-bond donors (Lipinski definition) is 0. The van der Waals surface area contributed by atoms with Gasteiger partial charge < -0.3 is 0 Å². The molecule has 0 aliphatic carbocycles. The van der Waals surface area contributed by atoms with Gasteiger partial charge >= 0.3 is 0 Å². The molecule has 4 aromatic carbocycles. The second-order valence-corrected chi connectivity index (χ2v) is 14.6. The van der Waals surface area contributed by atoms with Crippen LogP contribution >= 0.6 is 16.1 Å². The summed E-state index contributed by atoms with van der Waals surface area (Å²) in [4.78, 5) is 0. The molecule has 1 aliphatic rings. The van der Waals surface area contributed by atoms with Crippen molar-refractivity contribution in [1.29, 1.82) is 0 Å². The van der Waals surface area contributed by atoms with Gasteiger partial charge in [0.25, 0.3) is 0 Å². The third kappa shape index (κ3) is 5.50. The molecule has 0 aromatic heterocycles. The number of unbranched alkanes of at least 4 members (excludes halogenated alkanes) is 1. The Kier molecular flexibility index (Phi) is 8.66. The molecule has 0 N–H and O–H groups in total. The molecule has 1 heterocycles. The van der Waals surface area contributed by atoms with Gasteiger partial charge in [-0.3, -0.25) is 4.44 Å². The summed E-state index contributed by atoms with van der Waals surface area (Å²) in [7, 11) is -1.07. The van der Waals surface area contributed by atoms with Crippen LogP contribution in [0.5, 0.6) is 0 Å². The third-order valence-corrected chi connectivity index (χ3v) is 14.0. The highest BCUT2D eigenvalue weighted by atomic mass is 31.2. The lowest BCUT2D eigenvalue weighted by atomic mass is 10.0. The summed E-state index contributed by atoms with van der Waals surface area (Å²) in [6.45, 7) is 5.79. The van der Waals surface area contributed by atoms with Crippen LogP contribution in [0.4, 0.5) is 0 Å². The number of rotatable bonds is 9. The van der Waals surface area contributed by atoms with Crippen molar-refractivity contribution in [2.75, 3.05) is 6.54 Å². The molecule has 0 saturated carbocycles. The van der Waals surface area contributed by atoms with Gasteiger partial charge in [0.2, 0.25) is 0 Å². The van der Waals surface area contributed by atoms with Gasteiger partial charge in [0.1, 0.15) is 0 Å². The lowest BCUT2D eigenvalue weighted by Crippen LogP contribution is -2.29. The summed E-state index contributed by atoms with van der Waals surface area (Å²) >= 11 is 0. The van der Waals surface area contributed by atoms with Crippen LogP contribution in [0.3, 0.4) is 0 Å². The highest BCUT2D eigenvalue weighted by Crippen LogP contribution is 2.76. The molecule has 1 fully saturated rings. The van der Waals surface area contributed by atoms with Crippen molar-refractivity contribution in [3.63, 3.8) is 0 Å². The average molecular weight is 510 g/mol. The van der Waals surface area contributed by atoms with Crippen LogP contribution in [0.2, 0.25) is 0 Å². The molecule has 3 atom stereocenters. The second-order valence-electron chi connectivity index (χ2n) is 9.69. The Balaban J connectivity index is 1.68. The zero-order valence-electron chi connectivity index (χ0n) is 21.5. The fourth-order valence-corrected chi connectivity index (χ4v) is 13.1. The molecule has 1 nitrogen and oxygen atoms in total. The van der Waals surface area contributed by atoms with Gasteiger partial charge in [-0.15, -0.1) is 0 Å². The van der Waals surface area contributed by atoms with Crippen molar-refractivity contribution < 1.29 is 0 Å². The molecule has 3 heteroatoms. The quantitative estimate of drug-likeness (QED) is 0.203. The molecule has 1 unspecified atom stereocenters. The average Bonchev–Trinajstić information content (AvgIpc) is 3.38. The van der Waals surface area contributed by atoms with Gasteiger partial charge in [0.05, 0.1) is 0 Å². The minimum absolute atomic E-state index is 0.436. The lowest BCUT2D eigenvalue weighted by molar-refractivity contribution is 0.632. The van der Waals surface area contributed by atoms with Crippen LogP contribution in [0.25, 0.3) is 0 Å². The summed E-state index contributed by atoms with van der Waals surface area (Å²) in [5, 5.41) is 2.99. The number of benzene rings is 4. The molecule has 1 aliphatic heterocycles. The summed E-state index contributed by atoms with van der Waals surface area (Å²) in [5.74, 6) is 0. The van der Waals surface area contributed by atoms with E-state index in [1.807, 2.05) is 0 Å². The molecule has 1 saturated heterocycles. The molecular formula is C33H37NP2. The minimum atomic E-state index is -0.630. The van der Waals surface area contributed by atoms with E-state index >= 15 is 0 Å². The van der Waals surface area contributed by atoms with Gasteiger partial charge in [-0.1, -0.05) is 129 Å². The third-order valence-electron chi connectivity index (χ3n) is 7.27. The van der Waals surface area contributed by atoms with E-state index in [0.29, 0.717) is 11.3 Å². The highest BCUT2D eigenvalue weighted by molar-refractivity contribution is 7.79. The molecule has 36 heavy (non-hydrogen) atoms. The Morgan fingerprint density at radius 2 is 1.19 bits per heavy atom. The van der Waals surface area contributed by atoms with Crippen molar-refractivity contribution in [1.82, 2.24) is 4.44 Å². The summed E-state index contributed by atoms with van der Waals surface area (Å²) in [6.07, 6.45) is 4.99. The van der Waals surface area contributed by atoms with E-state index in [-0.39, 0.29) is 0 Å². The zero-order chi connectivity index (χ0) is 24.7. The second kappa shape index (κ2) is 12.3. The standard InChI is InChI=1S/C33H37NP2/c1-3-4-26-34(35(30-21-12-7-13-22-30)31-23-15-14-16-27(31)2)36-32(28-17-8-5-9-18-28)24-25-33(36)29-19-10-6-11-20-29/h5-23,32-33H,3-4,24-26H2,1-2H3/t32-,33-,35?/m0/s1. The first-order valence-electron chi connectivity index (χ1n) is 13.3. The Labute approximate surface area is 220 Å². The Hall–Kier alpha value is -2.30. The number of hydrogen-bond acceptors (Lipinski definition) is 1. The monoisotopic (exact) mass is 509 g/mol. The van der Waals surface area contributed by atoms with Gasteiger partial charge in [-0.25, -0.2) is 0 Å². The molecule has 0 radical (unpaired) electrons. The van der Waals surface area contributed by atoms with E-state index < -0.39 is 16.1 Å². The maximum Gasteiger partial charge on any atom is 0.0321 e. The van der Waals surface area contributed by atoms with E-state index in [4.69, 9.17) is 0 Å². The molecule has 0 spiro atoms. The molecule has 0 bridgehead atoms. The zero-order valence-corrected chi connectivity index (χ0v) is 23.3. The molecule has 5 rings (SSSR count). The smallest absolute Gasteiger partial charge is 0.0321 e. The Bertz CT molecular complexity index is 1160. The van der Waals surface area contributed by atoms with Crippen LogP contribution in [0, 0.1) is 6.92 Å². The van der Waals surface area contributed by atoms with Gasteiger partial charge in [-0.05, 0) is 61.6 Å². The molecule has 0 amide bonds. The molecular weight excluding hydrogens is 472 g/mol. The maximum atomic E-state index is 3.02. The normalized spacial score (nSPS) is 19.0. The van der Waals surface area contributed by atoms with Gasteiger partial charge in [0.15, 0.2) is 0 Å². The molecule has 4 aromatic rings. The van der Waals surface area contributed by atoms with E-state index in [9.17, 15) is 0 Å². The number of nitrogens with zero attached hydrogens (tertiary/aromatic N) is 1. The van der Waals surface area contributed by atoms with Crippen molar-refractivity contribution in [3.8, 4) is 0 Å². The summed E-state index contributed by atoms with van der Waals surface area (Å²) < 4.78 is 3.02. The van der Waals surface area contributed by atoms with Crippen molar-refractivity contribution >= 4 is 26.8 Å². The largest absolute Gasteiger partial charge is 0.251 e. The van der Waals surface area contributed by atoms with Crippen LogP contribution in [-0.4, -0.2) is 11.0 Å². The lowest BCUT2D eigenvalue weighted by Gasteiger charge is -2.43. The van der Waals surface area contributed by atoms with E-state index in [1.165, 1.54) is 53.0 Å². The van der Waals surface area contributed by atoms with Crippen molar-refractivity contribution in [2.24, 2.45) is 0 Å². The Morgan fingerprint density at radius 3 is 1.72 bits per heavy atom. The highest BCUT2D eigenvalue weighted by Gasteiger charge is 2.44. The fraction of sp³-hybridized carbons (Fsp3) is 0.273. The predicted molar refractivity (Wildman–Crippen MR) is 160 cm³/mol. The van der Waals surface area contributed by atoms with Crippen LogP contribution in [0.15, 0.2) is 115 Å². The minimum Gasteiger partial charge on any atom is -0.251 e. The first kappa shape index (κ1) is 25.4. The van der Waals surface area contributed by atoms with Crippen LogP contribution in [-0.2, 0) is 0 Å². The van der Waals surface area contributed by atoms with E-state index in [2.05, 4.69) is 134 Å². The topological polar surface area (TPSA) is 3.24 Å². The van der Waals surface area contributed by atoms with Gasteiger partial charge in [-0.2, -0.15) is 0 Å².